The molecule has 0 aliphatic rings. The van der Waals surface area contributed by atoms with Crippen molar-refractivity contribution in [2.75, 3.05) is 17.1 Å². The lowest BCUT2D eigenvalue weighted by Crippen LogP contribution is -2.34. The van der Waals surface area contributed by atoms with E-state index in [0.717, 1.165) is 11.8 Å². The molecule has 8 nitrogen and oxygen atoms in total. The first-order chi connectivity index (χ1) is 14.6. The fourth-order valence-corrected chi connectivity index (χ4v) is 4.24. The largest absolute Gasteiger partial charge is 0.444 e. The Morgan fingerprint density at radius 2 is 1.90 bits per heavy atom. The van der Waals surface area contributed by atoms with Crippen molar-refractivity contribution < 1.29 is 22.7 Å². The Labute approximate surface area is 188 Å². The molecule has 0 radical (unpaired) electrons. The molecule has 2 N–H and O–H groups in total. The average Bonchev–Trinajstić information content (AvgIpc) is 2.68. The Morgan fingerprint density at radius 1 is 1.23 bits per heavy atom. The summed E-state index contributed by atoms with van der Waals surface area (Å²) in [4.78, 5) is 15.4. The van der Waals surface area contributed by atoms with Crippen molar-refractivity contribution in [1.29, 1.82) is 0 Å². The summed E-state index contributed by atoms with van der Waals surface area (Å²) in [6.07, 6.45) is 0.279. The maximum Gasteiger partial charge on any atom is 0.404 e. The Kier molecular flexibility index (Phi) is 9.09. The van der Waals surface area contributed by atoms with E-state index in [1.807, 2.05) is 37.3 Å². The first kappa shape index (κ1) is 24.9. The summed E-state index contributed by atoms with van der Waals surface area (Å²) < 4.78 is 36.7. The molecule has 1 amide bonds. The quantitative estimate of drug-likeness (QED) is 0.504. The molecule has 0 saturated heterocycles. The van der Waals surface area contributed by atoms with Crippen LogP contribution in [-0.2, 0) is 32.5 Å². The summed E-state index contributed by atoms with van der Waals surface area (Å²) in [5, 5.41) is 0.155. The number of ether oxygens (including phenoxy) is 2. The van der Waals surface area contributed by atoms with E-state index in [1.165, 1.54) is 4.31 Å². The highest BCUT2D eigenvalue weighted by atomic mass is 35.5. The zero-order chi connectivity index (χ0) is 23.0. The molecular weight excluding hydrogens is 442 g/mol. The number of hydrogen-bond donors (Lipinski definition) is 1. The van der Waals surface area contributed by atoms with Crippen molar-refractivity contribution in [3.05, 3.63) is 58.7 Å². The van der Waals surface area contributed by atoms with Crippen LogP contribution in [0.2, 0.25) is 5.15 Å². The van der Waals surface area contributed by atoms with Gasteiger partial charge in [0.15, 0.2) is 0 Å². The van der Waals surface area contributed by atoms with Crippen molar-refractivity contribution in [3.63, 3.8) is 0 Å². The molecule has 10 heteroatoms. The van der Waals surface area contributed by atoms with E-state index in [2.05, 4.69) is 4.98 Å². The smallest absolute Gasteiger partial charge is 0.404 e. The van der Waals surface area contributed by atoms with Crippen LogP contribution in [0.4, 0.5) is 10.6 Å². The number of pyridine rings is 1. The van der Waals surface area contributed by atoms with Gasteiger partial charge in [0.25, 0.3) is 0 Å². The number of nitrogens with two attached hydrogens (primary N) is 1. The predicted molar refractivity (Wildman–Crippen MR) is 121 cm³/mol. The first-order valence-corrected chi connectivity index (χ1v) is 12.1. The Hall–Kier alpha value is -2.36. The molecule has 2 aromatic rings. The molecule has 2 atom stereocenters. The lowest BCUT2D eigenvalue weighted by molar-refractivity contribution is -0.0419. The standard InChI is InChI=1S/C21H28ClN3O5S/c1-4-10-25(31(3,27)28)20-13-17(12-19(22)24-20)14-29-18(15(2)30-21(23)26)11-16-8-6-5-7-9-16/h5-9,12-13,15,18H,4,10-11,14H2,1-3H3,(H2,23,26). The first-order valence-electron chi connectivity index (χ1n) is 9.86. The van der Waals surface area contributed by atoms with Crippen molar-refractivity contribution in [1.82, 2.24) is 4.98 Å². The number of carbonyl (C=O) groups excluding carboxylic acids is 1. The zero-order valence-electron chi connectivity index (χ0n) is 17.8. The van der Waals surface area contributed by atoms with Crippen LogP contribution in [0.25, 0.3) is 0 Å². The maximum absolute atomic E-state index is 12.2. The molecule has 0 fully saturated rings. The number of hydrogen-bond acceptors (Lipinski definition) is 6. The van der Waals surface area contributed by atoms with Gasteiger partial charge in [0.05, 0.1) is 19.0 Å². The molecule has 2 rings (SSSR count). The molecule has 0 aliphatic carbocycles. The van der Waals surface area contributed by atoms with Gasteiger partial charge in [0.2, 0.25) is 10.0 Å². The number of aromatic nitrogens is 1. The number of sulfonamides is 1. The van der Waals surface area contributed by atoms with E-state index in [0.29, 0.717) is 18.4 Å². The molecule has 31 heavy (non-hydrogen) atoms. The van der Waals surface area contributed by atoms with Gasteiger partial charge < -0.3 is 15.2 Å². The van der Waals surface area contributed by atoms with Crippen molar-refractivity contribution >= 4 is 33.5 Å². The number of carbonyl (C=O) groups is 1. The number of nitrogens with zero attached hydrogens (tertiary/aromatic N) is 2. The topological polar surface area (TPSA) is 112 Å². The summed E-state index contributed by atoms with van der Waals surface area (Å²) in [6, 6.07) is 12.9. The third-order valence-corrected chi connectivity index (χ3v) is 5.86. The number of rotatable bonds is 11. The van der Waals surface area contributed by atoms with Gasteiger partial charge >= 0.3 is 6.09 Å². The van der Waals surface area contributed by atoms with Crippen LogP contribution >= 0.6 is 11.6 Å². The molecule has 2 unspecified atom stereocenters. The second kappa shape index (κ2) is 11.3. The van der Waals surface area contributed by atoms with Gasteiger partial charge in [0.1, 0.15) is 17.1 Å². The summed E-state index contributed by atoms with van der Waals surface area (Å²) in [5.74, 6) is 0.233. The number of primary amides is 1. The van der Waals surface area contributed by atoms with E-state index >= 15 is 0 Å². The SMILES string of the molecule is CCCN(c1cc(COC(Cc2ccccc2)C(C)OC(N)=O)cc(Cl)n1)S(C)(=O)=O. The van der Waals surface area contributed by atoms with Crippen LogP contribution in [-0.4, -0.2) is 44.5 Å². The molecule has 0 aliphatic heterocycles. The van der Waals surface area contributed by atoms with Crippen molar-refractivity contribution in [2.45, 2.75) is 45.5 Å². The van der Waals surface area contributed by atoms with Gasteiger partial charge in [-0.2, -0.15) is 0 Å². The summed E-state index contributed by atoms with van der Waals surface area (Å²) >= 11 is 6.15. The monoisotopic (exact) mass is 469 g/mol. The minimum atomic E-state index is -3.51. The highest BCUT2D eigenvalue weighted by molar-refractivity contribution is 7.92. The van der Waals surface area contributed by atoms with E-state index in [9.17, 15) is 13.2 Å². The third kappa shape index (κ3) is 8.01. The molecule has 0 saturated carbocycles. The number of halogens is 1. The van der Waals surface area contributed by atoms with Crippen LogP contribution in [0.1, 0.15) is 31.4 Å². The highest BCUT2D eigenvalue weighted by Crippen LogP contribution is 2.22. The third-order valence-electron chi connectivity index (χ3n) is 4.49. The summed E-state index contributed by atoms with van der Waals surface area (Å²) in [7, 11) is -3.51. The lowest BCUT2D eigenvalue weighted by Gasteiger charge is -2.25. The molecule has 0 bridgehead atoms. The second-order valence-electron chi connectivity index (χ2n) is 7.17. The van der Waals surface area contributed by atoms with Crippen LogP contribution in [0.15, 0.2) is 42.5 Å². The fourth-order valence-electron chi connectivity index (χ4n) is 3.07. The molecule has 170 valence electrons. The van der Waals surface area contributed by atoms with E-state index in [4.69, 9.17) is 26.8 Å². The summed E-state index contributed by atoms with van der Waals surface area (Å²) in [6.45, 7) is 3.98. The molecule has 1 heterocycles. The Bertz CT molecular complexity index is 972. The average molecular weight is 470 g/mol. The van der Waals surface area contributed by atoms with Crippen LogP contribution in [0.3, 0.4) is 0 Å². The van der Waals surface area contributed by atoms with Crippen LogP contribution in [0, 0.1) is 0 Å². The van der Waals surface area contributed by atoms with E-state index in [1.54, 1.807) is 19.1 Å². The van der Waals surface area contributed by atoms with Gasteiger partial charge in [0, 0.05) is 13.0 Å². The lowest BCUT2D eigenvalue weighted by atomic mass is 10.0. The fraction of sp³-hybridized carbons (Fsp3) is 0.429. The van der Waals surface area contributed by atoms with E-state index in [-0.39, 0.29) is 24.1 Å². The Balaban J connectivity index is 2.23. The van der Waals surface area contributed by atoms with Crippen LogP contribution < -0.4 is 10.0 Å². The Morgan fingerprint density at radius 3 is 2.48 bits per heavy atom. The van der Waals surface area contributed by atoms with Gasteiger partial charge in [-0.3, -0.25) is 4.31 Å². The highest BCUT2D eigenvalue weighted by Gasteiger charge is 2.23. The van der Waals surface area contributed by atoms with Crippen molar-refractivity contribution in [2.24, 2.45) is 5.73 Å². The maximum atomic E-state index is 12.2. The minimum absolute atomic E-state index is 0.114. The van der Waals surface area contributed by atoms with Crippen molar-refractivity contribution in [3.8, 4) is 0 Å². The van der Waals surface area contributed by atoms with Gasteiger partial charge in [-0.1, -0.05) is 48.9 Å². The predicted octanol–water partition coefficient (Wildman–Crippen LogP) is 3.52. The molecular formula is C21H28ClN3O5S. The van der Waals surface area contributed by atoms with Crippen LogP contribution in [0.5, 0.6) is 0 Å². The molecule has 0 spiro atoms. The molecule has 1 aromatic carbocycles. The number of benzene rings is 1. The van der Waals surface area contributed by atoms with Gasteiger partial charge in [-0.05, 0) is 36.6 Å². The number of anilines is 1. The second-order valence-corrected chi connectivity index (χ2v) is 9.47. The number of amides is 1. The van der Waals surface area contributed by atoms with Gasteiger partial charge in [-0.15, -0.1) is 0 Å². The molecule has 1 aromatic heterocycles. The minimum Gasteiger partial charge on any atom is -0.444 e. The van der Waals surface area contributed by atoms with E-state index < -0.39 is 28.3 Å². The summed E-state index contributed by atoms with van der Waals surface area (Å²) in [5.41, 5.74) is 6.82. The zero-order valence-corrected chi connectivity index (χ0v) is 19.4. The van der Waals surface area contributed by atoms with Gasteiger partial charge in [-0.25, -0.2) is 18.2 Å². The normalized spacial score (nSPS) is 13.4.